The van der Waals surface area contributed by atoms with Crippen LogP contribution in [0.3, 0.4) is 0 Å². The Morgan fingerprint density at radius 3 is 2.62 bits per heavy atom. The van der Waals surface area contributed by atoms with Crippen molar-refractivity contribution in [3.05, 3.63) is 71.0 Å². The minimum atomic E-state index is -0.976. The molecule has 4 rings (SSSR count). The Morgan fingerprint density at radius 1 is 1.19 bits per heavy atom. The minimum Gasteiger partial charge on any atom is -0.373 e. The molecule has 1 aromatic carbocycles. The molecule has 1 aliphatic rings. The van der Waals surface area contributed by atoms with Crippen LogP contribution in [0.1, 0.15) is 30.5 Å². The predicted octanol–water partition coefficient (Wildman–Crippen LogP) is 3.40. The van der Waals surface area contributed by atoms with Crippen LogP contribution in [0.25, 0.3) is 0 Å². The molecule has 0 spiro atoms. The van der Waals surface area contributed by atoms with Crippen molar-refractivity contribution in [3.63, 3.8) is 0 Å². The number of carbonyl (C=O) groups is 3. The van der Waals surface area contributed by atoms with Gasteiger partial charge >= 0.3 is 6.03 Å². The molecular formula is C26H30ClN7O3. The highest BCUT2D eigenvalue weighted by atomic mass is 35.5. The van der Waals surface area contributed by atoms with Crippen LogP contribution in [-0.4, -0.2) is 57.6 Å². The molecule has 11 heteroatoms. The number of imide groups is 1. The summed E-state index contributed by atoms with van der Waals surface area (Å²) >= 11 is 6.14. The van der Waals surface area contributed by atoms with Crippen LogP contribution < -0.4 is 15.5 Å². The fraction of sp³-hybridized carbons (Fsp3) is 0.346. The lowest BCUT2D eigenvalue weighted by Crippen LogP contribution is -2.70. The van der Waals surface area contributed by atoms with Crippen LogP contribution in [0.2, 0.25) is 5.02 Å². The number of amides is 4. The summed E-state index contributed by atoms with van der Waals surface area (Å²) in [6, 6.07) is 10.6. The summed E-state index contributed by atoms with van der Waals surface area (Å²) in [7, 11) is 5.09. The molecule has 0 aliphatic carbocycles. The number of aromatic nitrogens is 3. The van der Waals surface area contributed by atoms with Gasteiger partial charge in [-0.25, -0.2) is 9.78 Å². The van der Waals surface area contributed by atoms with Crippen LogP contribution in [0.5, 0.6) is 0 Å². The number of nitrogens with zero attached hydrogens (tertiary/aromatic N) is 5. The SMILES string of the molecule is CCC(NC(=O)N1C(=O)[C@H](Cc2ccnc(NC)c2)[C@H]1C(=O)N(C)c1ccnn1C)c1cccc(Cl)c1. The maximum Gasteiger partial charge on any atom is 0.325 e. The average molecular weight is 524 g/mol. The summed E-state index contributed by atoms with van der Waals surface area (Å²) in [5.74, 6) is -0.274. The first-order valence-corrected chi connectivity index (χ1v) is 12.4. The van der Waals surface area contributed by atoms with Crippen LogP contribution in [0.15, 0.2) is 54.9 Å². The predicted molar refractivity (Wildman–Crippen MR) is 141 cm³/mol. The van der Waals surface area contributed by atoms with Gasteiger partial charge in [0.1, 0.15) is 17.7 Å². The first-order chi connectivity index (χ1) is 17.7. The number of halogens is 1. The molecule has 3 atom stereocenters. The molecule has 0 saturated carbocycles. The summed E-state index contributed by atoms with van der Waals surface area (Å²) in [5, 5.41) is 10.6. The van der Waals surface area contributed by atoms with E-state index in [0.717, 1.165) is 16.0 Å². The molecule has 0 bridgehead atoms. The molecule has 0 radical (unpaired) electrons. The van der Waals surface area contributed by atoms with E-state index >= 15 is 0 Å². The lowest BCUT2D eigenvalue weighted by atomic mass is 9.81. The third kappa shape index (κ3) is 5.29. The van der Waals surface area contributed by atoms with E-state index in [4.69, 9.17) is 11.6 Å². The molecule has 1 fully saturated rings. The van der Waals surface area contributed by atoms with Gasteiger partial charge in [0.15, 0.2) is 0 Å². The molecule has 37 heavy (non-hydrogen) atoms. The van der Waals surface area contributed by atoms with Crippen molar-refractivity contribution in [1.29, 1.82) is 0 Å². The summed E-state index contributed by atoms with van der Waals surface area (Å²) in [6.45, 7) is 1.92. The molecular weight excluding hydrogens is 494 g/mol. The third-order valence-electron chi connectivity index (χ3n) is 6.65. The van der Waals surface area contributed by atoms with E-state index in [-0.39, 0.29) is 11.9 Å². The number of β-lactam (4-membered cyclic amide) rings is 1. The molecule has 194 valence electrons. The van der Waals surface area contributed by atoms with Crippen molar-refractivity contribution in [1.82, 2.24) is 25.0 Å². The van der Waals surface area contributed by atoms with Gasteiger partial charge < -0.3 is 10.6 Å². The van der Waals surface area contributed by atoms with Gasteiger partial charge in [0.25, 0.3) is 5.91 Å². The molecule has 2 N–H and O–H groups in total. The average Bonchev–Trinajstić information content (AvgIpc) is 3.33. The van der Waals surface area contributed by atoms with Crippen LogP contribution in [0.4, 0.5) is 16.4 Å². The largest absolute Gasteiger partial charge is 0.373 e. The highest BCUT2D eigenvalue weighted by Crippen LogP contribution is 2.33. The second kappa shape index (κ2) is 11.0. The zero-order valence-electron chi connectivity index (χ0n) is 21.2. The first kappa shape index (κ1) is 26.2. The second-order valence-corrected chi connectivity index (χ2v) is 9.38. The van der Waals surface area contributed by atoms with Crippen molar-refractivity contribution in [3.8, 4) is 0 Å². The van der Waals surface area contributed by atoms with Crippen molar-refractivity contribution in [2.24, 2.45) is 13.0 Å². The Kier molecular flexibility index (Phi) is 7.77. The number of pyridine rings is 1. The first-order valence-electron chi connectivity index (χ1n) is 12.0. The van der Waals surface area contributed by atoms with Gasteiger partial charge in [-0.3, -0.25) is 24.1 Å². The molecule has 1 aliphatic heterocycles. The number of hydrogen-bond acceptors (Lipinski definition) is 6. The lowest BCUT2D eigenvalue weighted by molar-refractivity contribution is -0.156. The number of likely N-dealkylation sites (N-methyl/N-ethyl adjacent to an activating group) is 1. The Balaban J connectivity index is 1.61. The van der Waals surface area contributed by atoms with Crippen LogP contribution in [-0.2, 0) is 23.1 Å². The number of anilines is 2. The number of carbonyl (C=O) groups excluding carboxylic acids is 3. The maximum absolute atomic E-state index is 13.7. The Hall–Kier alpha value is -3.92. The topological polar surface area (TPSA) is 112 Å². The van der Waals surface area contributed by atoms with E-state index in [0.29, 0.717) is 29.5 Å². The number of likely N-dealkylation sites (tertiary alicyclic amines) is 1. The fourth-order valence-electron chi connectivity index (χ4n) is 4.62. The van der Waals surface area contributed by atoms with Crippen molar-refractivity contribution >= 4 is 41.1 Å². The number of hydrogen-bond donors (Lipinski definition) is 2. The summed E-state index contributed by atoms with van der Waals surface area (Å²) < 4.78 is 1.56. The van der Waals surface area contributed by atoms with Gasteiger partial charge in [0.05, 0.1) is 18.2 Å². The highest BCUT2D eigenvalue weighted by molar-refractivity contribution is 6.30. The van der Waals surface area contributed by atoms with E-state index in [1.807, 2.05) is 19.1 Å². The van der Waals surface area contributed by atoms with Gasteiger partial charge in [-0.05, 0) is 48.2 Å². The van der Waals surface area contributed by atoms with E-state index in [1.54, 1.807) is 68.6 Å². The van der Waals surface area contributed by atoms with Gasteiger partial charge in [-0.2, -0.15) is 5.10 Å². The molecule has 1 unspecified atom stereocenters. The number of benzene rings is 1. The third-order valence-corrected chi connectivity index (χ3v) is 6.88. The summed E-state index contributed by atoms with van der Waals surface area (Å²) in [4.78, 5) is 47.1. The van der Waals surface area contributed by atoms with Gasteiger partial charge in [0.2, 0.25) is 5.91 Å². The van der Waals surface area contributed by atoms with E-state index < -0.39 is 23.9 Å². The zero-order valence-corrected chi connectivity index (χ0v) is 21.9. The molecule has 2 aromatic heterocycles. The molecule has 4 amide bonds. The lowest BCUT2D eigenvalue weighted by Gasteiger charge is -2.46. The minimum absolute atomic E-state index is 0.293. The smallest absolute Gasteiger partial charge is 0.325 e. The quantitative estimate of drug-likeness (QED) is 0.438. The zero-order chi connectivity index (χ0) is 26.7. The molecule has 3 heterocycles. The molecule has 1 saturated heterocycles. The van der Waals surface area contributed by atoms with Gasteiger partial charge in [-0.1, -0.05) is 30.7 Å². The summed E-state index contributed by atoms with van der Waals surface area (Å²) in [6.07, 6.45) is 4.10. The molecule has 10 nitrogen and oxygen atoms in total. The van der Waals surface area contributed by atoms with Gasteiger partial charge in [0, 0.05) is 38.4 Å². The van der Waals surface area contributed by atoms with Crippen LogP contribution in [0, 0.1) is 5.92 Å². The van der Waals surface area contributed by atoms with Crippen molar-refractivity contribution in [2.45, 2.75) is 31.8 Å². The normalized spacial score (nSPS) is 17.6. The van der Waals surface area contributed by atoms with Crippen LogP contribution >= 0.6 is 11.6 Å². The number of aryl methyl sites for hydroxylation is 1. The Morgan fingerprint density at radius 2 is 1.97 bits per heavy atom. The standard InChI is InChI=1S/C26H30ClN7O3/c1-5-20(17-7-6-8-18(27)15-17)31-26(37)34-23(25(36)32(3)22-10-12-30-33(22)4)19(24(34)35)13-16-9-11-29-21(14-16)28-2/h6-12,14-15,19-20,23H,5,13H2,1-4H3,(H,28,29)(H,31,37)/t19-,20?,23+/m1/s1. The Bertz CT molecular complexity index is 1310. The summed E-state index contributed by atoms with van der Waals surface area (Å²) in [5.41, 5.74) is 1.66. The van der Waals surface area contributed by atoms with Gasteiger partial charge in [-0.15, -0.1) is 0 Å². The van der Waals surface area contributed by atoms with E-state index in [9.17, 15) is 14.4 Å². The van der Waals surface area contributed by atoms with E-state index in [2.05, 4.69) is 20.7 Å². The van der Waals surface area contributed by atoms with E-state index in [1.165, 1.54) is 4.90 Å². The van der Waals surface area contributed by atoms with Crippen molar-refractivity contribution in [2.75, 3.05) is 24.3 Å². The monoisotopic (exact) mass is 523 g/mol. The Labute approximate surface area is 220 Å². The molecule has 3 aromatic rings. The van der Waals surface area contributed by atoms with Crippen molar-refractivity contribution < 1.29 is 14.4 Å². The number of rotatable bonds is 8. The number of nitrogens with one attached hydrogen (secondary N) is 2. The maximum atomic E-state index is 13.7. The number of urea groups is 1. The highest BCUT2D eigenvalue weighted by Gasteiger charge is 2.55. The second-order valence-electron chi connectivity index (χ2n) is 8.94. The fourth-order valence-corrected chi connectivity index (χ4v) is 4.82.